The van der Waals surface area contributed by atoms with E-state index in [0.29, 0.717) is 0 Å². The molecule has 3 heteroatoms. The summed E-state index contributed by atoms with van der Waals surface area (Å²) in [6.45, 7) is 0. The van der Waals surface area contributed by atoms with E-state index in [-0.39, 0.29) is 0 Å². The van der Waals surface area contributed by atoms with Gasteiger partial charge in [-0.05, 0) is 11.4 Å². The van der Waals surface area contributed by atoms with Gasteiger partial charge in [0.05, 0.1) is 4.88 Å². The Labute approximate surface area is 68.4 Å². The first-order valence-corrected chi connectivity index (χ1v) is 4.06. The van der Waals surface area contributed by atoms with Crippen LogP contribution < -0.4 is 0 Å². The molecule has 0 amide bonds. The van der Waals surface area contributed by atoms with Gasteiger partial charge >= 0.3 is 0 Å². The van der Waals surface area contributed by atoms with Crippen molar-refractivity contribution in [2.45, 2.75) is 0 Å². The van der Waals surface area contributed by atoms with Crippen molar-refractivity contribution < 1.29 is 9.47 Å². The normalized spacial score (nSPS) is 15.1. The minimum Gasteiger partial charge on any atom is -0.465 e. The predicted molar refractivity (Wildman–Crippen MR) is 43.6 cm³/mol. The lowest BCUT2D eigenvalue weighted by atomic mass is 10.4. The third-order valence-corrected chi connectivity index (χ3v) is 2.15. The van der Waals surface area contributed by atoms with Crippen molar-refractivity contribution in [3.8, 4) is 0 Å². The molecule has 0 spiro atoms. The number of rotatable bonds is 1. The van der Waals surface area contributed by atoms with Gasteiger partial charge < -0.3 is 9.47 Å². The molecular formula is C8H6O2S. The van der Waals surface area contributed by atoms with Gasteiger partial charge in [-0.3, -0.25) is 0 Å². The van der Waals surface area contributed by atoms with Crippen molar-refractivity contribution in [2.24, 2.45) is 0 Å². The Morgan fingerprint density at radius 2 is 2.27 bits per heavy atom. The highest BCUT2D eigenvalue weighted by Gasteiger charge is 2.04. The van der Waals surface area contributed by atoms with Crippen LogP contribution in [0.5, 0.6) is 0 Å². The predicted octanol–water partition coefficient (Wildman–Crippen LogP) is 2.56. The molecule has 1 aliphatic heterocycles. The first kappa shape index (κ1) is 6.49. The van der Waals surface area contributed by atoms with E-state index in [1.807, 2.05) is 17.5 Å². The van der Waals surface area contributed by atoms with Crippen molar-refractivity contribution >= 4 is 17.1 Å². The van der Waals surface area contributed by atoms with Crippen LogP contribution in [0.3, 0.4) is 0 Å². The summed E-state index contributed by atoms with van der Waals surface area (Å²) in [6.07, 6.45) is 4.61. The van der Waals surface area contributed by atoms with Crippen molar-refractivity contribution in [1.29, 1.82) is 0 Å². The van der Waals surface area contributed by atoms with E-state index in [4.69, 9.17) is 9.47 Å². The van der Waals surface area contributed by atoms with Crippen LogP contribution in [-0.4, -0.2) is 0 Å². The summed E-state index contributed by atoms with van der Waals surface area (Å²) < 4.78 is 10.1. The highest BCUT2D eigenvalue weighted by atomic mass is 32.1. The Morgan fingerprint density at radius 1 is 1.27 bits per heavy atom. The molecular weight excluding hydrogens is 160 g/mol. The maximum atomic E-state index is 5.19. The first-order chi connectivity index (χ1) is 5.47. The quantitative estimate of drug-likeness (QED) is 0.638. The van der Waals surface area contributed by atoms with Crippen molar-refractivity contribution in [3.05, 3.63) is 41.2 Å². The molecule has 0 atom stereocenters. The summed E-state index contributed by atoms with van der Waals surface area (Å²) in [7, 11) is 0. The molecule has 0 fully saturated rings. The average molecular weight is 166 g/mol. The van der Waals surface area contributed by atoms with Gasteiger partial charge in [0.1, 0.15) is 18.8 Å². The fraction of sp³-hybridized carbons (Fsp3) is 0. The lowest BCUT2D eigenvalue weighted by molar-refractivity contribution is 0.313. The summed E-state index contributed by atoms with van der Waals surface area (Å²) >= 11 is 1.62. The van der Waals surface area contributed by atoms with Gasteiger partial charge in [-0.15, -0.1) is 11.3 Å². The third kappa shape index (κ3) is 1.28. The molecule has 0 radical (unpaired) electrons. The molecule has 0 bridgehead atoms. The van der Waals surface area contributed by atoms with Crippen molar-refractivity contribution in [2.75, 3.05) is 0 Å². The standard InChI is InChI=1S/C8H6O2S/c1-2-8(11-5-1)7-6-9-3-4-10-7/h1-6H. The fourth-order valence-electron chi connectivity index (χ4n) is 0.797. The number of hydrogen-bond donors (Lipinski definition) is 0. The topological polar surface area (TPSA) is 18.5 Å². The highest BCUT2D eigenvalue weighted by molar-refractivity contribution is 7.11. The van der Waals surface area contributed by atoms with Crippen LogP contribution in [0.4, 0.5) is 0 Å². The minimum atomic E-state index is 0.766. The summed E-state index contributed by atoms with van der Waals surface area (Å²) in [4.78, 5) is 1.08. The molecule has 1 aromatic heterocycles. The van der Waals surface area contributed by atoms with E-state index in [1.54, 1.807) is 17.6 Å². The van der Waals surface area contributed by atoms with Crippen LogP contribution in [0, 0.1) is 0 Å². The molecule has 0 saturated carbocycles. The molecule has 1 aromatic rings. The molecule has 11 heavy (non-hydrogen) atoms. The highest BCUT2D eigenvalue weighted by Crippen LogP contribution is 2.23. The van der Waals surface area contributed by atoms with E-state index in [1.165, 1.54) is 12.5 Å². The Kier molecular flexibility index (Phi) is 1.65. The van der Waals surface area contributed by atoms with Crippen LogP contribution in [0.2, 0.25) is 0 Å². The van der Waals surface area contributed by atoms with Gasteiger partial charge in [0, 0.05) is 0 Å². The van der Waals surface area contributed by atoms with E-state index in [9.17, 15) is 0 Å². The van der Waals surface area contributed by atoms with Gasteiger partial charge in [-0.1, -0.05) is 6.07 Å². The molecule has 0 N–H and O–H groups in total. The van der Waals surface area contributed by atoms with Crippen molar-refractivity contribution in [1.82, 2.24) is 0 Å². The average Bonchev–Trinajstić information content (AvgIpc) is 2.58. The molecule has 2 nitrogen and oxygen atoms in total. The van der Waals surface area contributed by atoms with E-state index >= 15 is 0 Å². The van der Waals surface area contributed by atoms with Crippen LogP contribution in [-0.2, 0) is 9.47 Å². The molecule has 2 rings (SSSR count). The van der Waals surface area contributed by atoms with E-state index < -0.39 is 0 Å². The summed E-state index contributed by atoms with van der Waals surface area (Å²) in [5.74, 6) is 0.766. The van der Waals surface area contributed by atoms with Gasteiger partial charge in [0.2, 0.25) is 0 Å². The first-order valence-electron chi connectivity index (χ1n) is 3.18. The molecule has 2 heterocycles. The molecule has 0 aliphatic carbocycles. The SMILES string of the molecule is C1=COC(c2cccs2)=CO1. The zero-order valence-electron chi connectivity index (χ0n) is 5.69. The Hall–Kier alpha value is -1.22. The second-order valence-electron chi connectivity index (χ2n) is 1.99. The molecule has 0 unspecified atom stereocenters. The lowest BCUT2D eigenvalue weighted by Crippen LogP contribution is -1.88. The summed E-state index contributed by atoms with van der Waals surface area (Å²) in [6, 6.07) is 3.96. The molecule has 56 valence electrons. The van der Waals surface area contributed by atoms with E-state index in [2.05, 4.69) is 0 Å². The molecule has 1 aliphatic rings. The number of ether oxygens (including phenoxy) is 2. The van der Waals surface area contributed by atoms with Crippen molar-refractivity contribution in [3.63, 3.8) is 0 Å². The second kappa shape index (κ2) is 2.80. The molecule has 0 aromatic carbocycles. The number of hydrogen-bond acceptors (Lipinski definition) is 3. The minimum absolute atomic E-state index is 0.766. The zero-order valence-corrected chi connectivity index (χ0v) is 6.51. The van der Waals surface area contributed by atoms with Gasteiger partial charge in [0.15, 0.2) is 5.76 Å². The molecule has 0 saturated heterocycles. The number of thiophene rings is 1. The third-order valence-electron chi connectivity index (χ3n) is 1.27. The van der Waals surface area contributed by atoms with Gasteiger partial charge in [-0.25, -0.2) is 0 Å². The Bertz CT molecular complexity index is 285. The van der Waals surface area contributed by atoms with E-state index in [0.717, 1.165) is 10.6 Å². The summed E-state index contributed by atoms with van der Waals surface area (Å²) in [5.41, 5.74) is 0. The maximum Gasteiger partial charge on any atom is 0.178 e. The van der Waals surface area contributed by atoms with Crippen LogP contribution >= 0.6 is 11.3 Å². The van der Waals surface area contributed by atoms with Gasteiger partial charge in [0.25, 0.3) is 0 Å². The fourth-order valence-corrected chi connectivity index (χ4v) is 1.47. The second-order valence-corrected chi connectivity index (χ2v) is 2.93. The monoisotopic (exact) mass is 166 g/mol. The largest absolute Gasteiger partial charge is 0.465 e. The Morgan fingerprint density at radius 3 is 2.91 bits per heavy atom. The zero-order chi connectivity index (χ0) is 7.52. The van der Waals surface area contributed by atoms with Gasteiger partial charge in [-0.2, -0.15) is 0 Å². The van der Waals surface area contributed by atoms with Crippen LogP contribution in [0.15, 0.2) is 36.3 Å². The lowest BCUT2D eigenvalue weighted by Gasteiger charge is -2.06. The Balaban J connectivity index is 2.24. The van der Waals surface area contributed by atoms with Crippen LogP contribution in [0.1, 0.15) is 4.88 Å². The smallest absolute Gasteiger partial charge is 0.178 e. The maximum absolute atomic E-state index is 5.19. The van der Waals surface area contributed by atoms with Crippen LogP contribution in [0.25, 0.3) is 5.76 Å². The summed E-state index contributed by atoms with van der Waals surface area (Å²) in [5, 5.41) is 2.00.